The number of guanidine groups is 1. The first-order valence-corrected chi connectivity index (χ1v) is 26.3. The number of alkyl carbamates (subject to hydrolysis) is 4. The lowest BCUT2D eigenvalue weighted by Gasteiger charge is -2.22. The summed E-state index contributed by atoms with van der Waals surface area (Å²) in [6.07, 6.45) is -2.09. The van der Waals surface area contributed by atoms with E-state index in [4.69, 9.17) is 23.9 Å². The van der Waals surface area contributed by atoms with Crippen molar-refractivity contribution >= 4 is 98.2 Å². The standard InChI is InChI=1S/C51H71F3N10O10S2/c1-47(2,3)71-43(67)57-24-14-23-55-32-18-16-30(17-19-32)40-61-34-21-20-33(29-37(34)76-40)59-42(66)62-36-28-31(51(52,53)54)27-35(39(36)75-26-25-58-44(68)72-48(4,5)6)60-38(65)15-13-22-56-41(63-45(69)73-49(7,8)9)64-46(70)74-50(10,11)12/h16,18,20-21,27-29,55H,13-15,17,19,22-26H2,1-12H3,(H,57,67)(H,58,68)(H,60,65)(H2,59,62,66)(H2,56,63,64,69,70). The van der Waals surface area contributed by atoms with Gasteiger partial charge < -0.3 is 50.8 Å². The molecule has 4 rings (SSSR count). The molecule has 8 N–H and O–H groups in total. The van der Waals surface area contributed by atoms with Crippen LogP contribution in [0.2, 0.25) is 0 Å². The topological polar surface area (TPSA) is 261 Å². The summed E-state index contributed by atoms with van der Waals surface area (Å²) in [6, 6.07) is 5.65. The van der Waals surface area contributed by atoms with Crippen LogP contribution < -0.4 is 42.5 Å². The average Bonchev–Trinajstić information content (AvgIpc) is 3.68. The first-order valence-electron chi connectivity index (χ1n) is 24.5. The molecule has 2 aromatic carbocycles. The second-order valence-corrected chi connectivity index (χ2v) is 23.3. The van der Waals surface area contributed by atoms with E-state index in [-0.39, 0.29) is 53.9 Å². The van der Waals surface area contributed by atoms with Crippen molar-refractivity contribution in [2.24, 2.45) is 4.99 Å². The van der Waals surface area contributed by atoms with Crippen molar-refractivity contribution in [3.63, 3.8) is 0 Å². The second kappa shape index (κ2) is 26.8. The number of amides is 7. The van der Waals surface area contributed by atoms with Gasteiger partial charge in [0.1, 0.15) is 27.4 Å². The number of anilines is 3. The highest BCUT2D eigenvalue weighted by Crippen LogP contribution is 2.41. The minimum atomic E-state index is -4.92. The number of halogens is 3. The maximum Gasteiger partial charge on any atom is 0.416 e. The second-order valence-electron chi connectivity index (χ2n) is 21.2. The number of aromatic nitrogens is 1. The van der Waals surface area contributed by atoms with Crippen LogP contribution in [0, 0.1) is 0 Å². The van der Waals surface area contributed by atoms with Gasteiger partial charge in [0, 0.05) is 49.7 Å². The highest BCUT2D eigenvalue weighted by molar-refractivity contribution is 7.99. The molecule has 1 aliphatic rings. The van der Waals surface area contributed by atoms with Gasteiger partial charge in [-0.3, -0.25) is 20.4 Å². The molecule has 0 radical (unpaired) electrons. The van der Waals surface area contributed by atoms with E-state index < -0.39 is 70.5 Å². The van der Waals surface area contributed by atoms with Crippen LogP contribution >= 0.6 is 23.1 Å². The number of thioether (sulfide) groups is 1. The summed E-state index contributed by atoms with van der Waals surface area (Å²) in [4.78, 5) is 85.5. The number of nitrogens with zero attached hydrogens (tertiary/aromatic N) is 2. The summed E-state index contributed by atoms with van der Waals surface area (Å²) in [5.74, 6) is -0.985. The molecule has 0 atom stereocenters. The number of thiazole rings is 1. The van der Waals surface area contributed by atoms with Gasteiger partial charge in [-0.05, 0) is 151 Å². The smallest absolute Gasteiger partial charge is 0.416 e. The van der Waals surface area contributed by atoms with Crippen molar-refractivity contribution in [2.75, 3.05) is 47.9 Å². The normalized spacial score (nSPS) is 13.0. The monoisotopic (exact) mass is 1100 g/mol. The Morgan fingerprint density at radius 3 is 1.79 bits per heavy atom. The molecule has 0 spiro atoms. The Bertz CT molecular complexity index is 2630. The molecule has 418 valence electrons. The molecule has 0 saturated carbocycles. The predicted octanol–water partition coefficient (Wildman–Crippen LogP) is 11.3. The van der Waals surface area contributed by atoms with Crippen molar-refractivity contribution in [1.29, 1.82) is 0 Å². The first kappa shape index (κ1) is 61.8. The third kappa shape index (κ3) is 23.4. The van der Waals surface area contributed by atoms with Crippen molar-refractivity contribution in [3.05, 3.63) is 58.8 Å². The highest BCUT2D eigenvalue weighted by Gasteiger charge is 2.33. The van der Waals surface area contributed by atoms with Gasteiger partial charge >= 0.3 is 36.6 Å². The number of carbonyl (C=O) groups excluding carboxylic acids is 6. The Morgan fingerprint density at radius 1 is 0.671 bits per heavy atom. The lowest BCUT2D eigenvalue weighted by molar-refractivity contribution is -0.137. The van der Waals surface area contributed by atoms with Crippen LogP contribution in [0.4, 0.5) is 54.2 Å². The van der Waals surface area contributed by atoms with E-state index in [1.807, 2.05) is 12.2 Å². The van der Waals surface area contributed by atoms with Crippen LogP contribution in [-0.4, -0.2) is 102 Å². The molecule has 20 nitrogen and oxygen atoms in total. The van der Waals surface area contributed by atoms with E-state index in [9.17, 15) is 41.9 Å². The number of urea groups is 1. The molecule has 0 unspecified atom stereocenters. The van der Waals surface area contributed by atoms with E-state index in [2.05, 4.69) is 47.5 Å². The molecule has 1 aromatic heterocycles. The zero-order valence-corrected chi connectivity index (χ0v) is 46.7. The fourth-order valence-electron chi connectivity index (χ4n) is 6.54. The molecular formula is C51H71F3N10O10S2. The Balaban J connectivity index is 1.50. The third-order valence-electron chi connectivity index (χ3n) is 9.47. The zero-order chi connectivity index (χ0) is 56.6. The Labute approximate surface area is 449 Å². The number of alkyl halides is 3. The van der Waals surface area contributed by atoms with Gasteiger partial charge in [-0.2, -0.15) is 13.2 Å². The number of benzene rings is 2. The predicted molar refractivity (Wildman–Crippen MR) is 290 cm³/mol. The zero-order valence-electron chi connectivity index (χ0n) is 45.0. The van der Waals surface area contributed by atoms with E-state index >= 15 is 0 Å². The molecule has 1 aliphatic carbocycles. The first-order chi connectivity index (χ1) is 35.2. The lowest BCUT2D eigenvalue weighted by atomic mass is 10.0. The summed E-state index contributed by atoms with van der Waals surface area (Å²) in [6.45, 7) is 21.2. The van der Waals surface area contributed by atoms with Gasteiger partial charge in [0.05, 0.1) is 32.1 Å². The molecule has 76 heavy (non-hydrogen) atoms. The van der Waals surface area contributed by atoms with Crippen LogP contribution in [0.1, 0.15) is 126 Å². The number of rotatable bonds is 17. The molecule has 0 aliphatic heterocycles. The molecule has 25 heteroatoms. The molecule has 7 amide bonds. The fourth-order valence-corrected chi connectivity index (χ4v) is 8.53. The van der Waals surface area contributed by atoms with Gasteiger partial charge in [-0.1, -0.05) is 6.08 Å². The summed E-state index contributed by atoms with van der Waals surface area (Å²) < 4.78 is 65.4. The third-order valence-corrected chi connectivity index (χ3v) is 11.7. The van der Waals surface area contributed by atoms with Crippen molar-refractivity contribution in [2.45, 2.75) is 149 Å². The maximum absolute atomic E-state index is 14.5. The van der Waals surface area contributed by atoms with Crippen LogP contribution in [0.3, 0.4) is 0 Å². The quantitative estimate of drug-likeness (QED) is 0.0206. The maximum atomic E-state index is 14.5. The molecule has 1 heterocycles. The molecular weight excluding hydrogens is 1030 g/mol. The summed E-state index contributed by atoms with van der Waals surface area (Å²) in [5.41, 5.74) is -1.80. The van der Waals surface area contributed by atoms with Gasteiger partial charge in [-0.15, -0.1) is 23.1 Å². The number of fused-ring (bicyclic) bond motifs is 1. The van der Waals surface area contributed by atoms with Crippen LogP contribution in [-0.2, 0) is 29.9 Å². The molecule has 0 fully saturated rings. The number of hydrogen-bond acceptors (Lipinski definition) is 15. The number of allylic oxidation sites excluding steroid dienone is 4. The Kier molecular flexibility index (Phi) is 21.8. The molecule has 0 bridgehead atoms. The number of ether oxygens (including phenoxy) is 4. The molecule has 3 aromatic rings. The van der Waals surface area contributed by atoms with E-state index in [0.717, 1.165) is 57.7 Å². The van der Waals surface area contributed by atoms with Crippen molar-refractivity contribution in [1.82, 2.24) is 31.6 Å². The molecule has 0 saturated heterocycles. The van der Waals surface area contributed by atoms with Gasteiger partial charge in [0.2, 0.25) is 11.9 Å². The van der Waals surface area contributed by atoms with Crippen molar-refractivity contribution < 1.29 is 60.9 Å². The number of hydrogen-bond donors (Lipinski definition) is 8. The summed E-state index contributed by atoms with van der Waals surface area (Å²) in [5, 5.41) is 22.0. The average molecular weight is 1110 g/mol. The number of nitrogens with one attached hydrogen (secondary N) is 8. The van der Waals surface area contributed by atoms with Crippen LogP contribution in [0.25, 0.3) is 15.8 Å². The van der Waals surface area contributed by atoms with Gasteiger partial charge in [0.15, 0.2) is 0 Å². The number of aliphatic imine (C=N–C) groups is 1. The van der Waals surface area contributed by atoms with Crippen LogP contribution in [0.5, 0.6) is 0 Å². The van der Waals surface area contributed by atoms with Gasteiger partial charge in [-0.25, -0.2) is 29.0 Å². The minimum absolute atomic E-state index is 0.00599. The Morgan fingerprint density at radius 2 is 1.24 bits per heavy atom. The SMILES string of the molecule is CC(C)(C)OC(=O)NCCCNC1=CC=C(c2nc3ccc(NC(=O)Nc4cc(C(F)(F)F)cc(NC(=O)CCCN=C(NC(=O)OC(C)(C)C)NC(=O)OC(C)(C)C)c4SCCNC(=O)OC(C)(C)C)cc3s2)CC1. The van der Waals surface area contributed by atoms with E-state index in [1.54, 1.807) is 101 Å². The van der Waals surface area contributed by atoms with E-state index in [0.29, 0.717) is 30.7 Å². The summed E-state index contributed by atoms with van der Waals surface area (Å²) in [7, 11) is 0. The van der Waals surface area contributed by atoms with E-state index in [1.165, 1.54) is 11.3 Å². The lowest BCUT2D eigenvalue weighted by Crippen LogP contribution is -2.47. The van der Waals surface area contributed by atoms with Crippen molar-refractivity contribution in [3.8, 4) is 0 Å². The number of carbonyl (C=O) groups is 6. The van der Waals surface area contributed by atoms with Crippen LogP contribution in [0.15, 0.2) is 58.1 Å². The highest BCUT2D eigenvalue weighted by atomic mass is 32.2. The summed E-state index contributed by atoms with van der Waals surface area (Å²) >= 11 is 2.38. The Hall–Kier alpha value is -6.76. The van der Waals surface area contributed by atoms with Gasteiger partial charge in [0.25, 0.3) is 0 Å². The largest absolute Gasteiger partial charge is 0.444 e. The minimum Gasteiger partial charge on any atom is -0.444 e. The fraction of sp³-hybridized carbons (Fsp3) is 0.529.